The molecule has 0 saturated carbocycles. The average Bonchev–Trinajstić information content (AvgIpc) is 3.35. The quantitative estimate of drug-likeness (QED) is 0.465. The molecule has 0 atom stereocenters. The van der Waals surface area contributed by atoms with E-state index >= 15 is 0 Å². The molecule has 0 bridgehead atoms. The zero-order valence-corrected chi connectivity index (χ0v) is 20.1. The molecule has 1 aromatic heterocycles. The molecule has 1 saturated heterocycles. The third-order valence-electron chi connectivity index (χ3n) is 6.13. The number of likely N-dealkylation sites (tertiary alicyclic amines) is 1. The number of Topliss-reactive ketones (excluding diaryl/α,β-unsaturated/α-hetero) is 1. The zero-order valence-electron chi connectivity index (χ0n) is 19.3. The highest BCUT2D eigenvalue weighted by Gasteiger charge is 2.26. The Bertz CT molecular complexity index is 1150. The van der Waals surface area contributed by atoms with Gasteiger partial charge in [-0.25, -0.2) is 4.98 Å². The van der Waals surface area contributed by atoms with Crippen LogP contribution in [0.2, 0.25) is 0 Å². The van der Waals surface area contributed by atoms with Crippen molar-refractivity contribution in [2.75, 3.05) is 18.4 Å². The van der Waals surface area contributed by atoms with Gasteiger partial charge in [-0.2, -0.15) is 0 Å². The van der Waals surface area contributed by atoms with Gasteiger partial charge in [-0.1, -0.05) is 48.5 Å². The number of hydrogen-bond acceptors (Lipinski definition) is 5. The second-order valence-corrected chi connectivity index (χ2v) is 9.54. The molecule has 2 amide bonds. The Morgan fingerprint density at radius 1 is 1.00 bits per heavy atom. The van der Waals surface area contributed by atoms with Crippen LogP contribution in [0.1, 0.15) is 60.4 Å². The minimum atomic E-state index is -0.219. The number of nitrogens with zero attached hydrogens (tertiary/aromatic N) is 2. The number of para-hydroxylation sites is 1. The van der Waals surface area contributed by atoms with Crippen LogP contribution in [0, 0.1) is 0 Å². The maximum atomic E-state index is 12.9. The van der Waals surface area contributed by atoms with Crippen molar-refractivity contribution in [1.29, 1.82) is 0 Å². The average molecular weight is 476 g/mol. The molecule has 1 fully saturated rings. The topological polar surface area (TPSA) is 79.4 Å². The molecule has 1 aliphatic rings. The first-order valence-corrected chi connectivity index (χ1v) is 12.6. The second-order valence-electron chi connectivity index (χ2n) is 8.65. The van der Waals surface area contributed by atoms with Crippen molar-refractivity contribution in [1.82, 2.24) is 9.88 Å². The smallest absolute Gasteiger partial charge is 0.275 e. The Balaban J connectivity index is 1.34. The van der Waals surface area contributed by atoms with Gasteiger partial charge in [0.25, 0.3) is 5.91 Å². The number of hydrogen-bond donors (Lipinski definition) is 1. The minimum Gasteiger partial charge on any atom is -0.343 e. The summed E-state index contributed by atoms with van der Waals surface area (Å²) in [6.07, 6.45) is 3.18. The number of carbonyl (C=O) groups excluding carboxylic acids is 3. The number of anilines is 1. The lowest BCUT2D eigenvalue weighted by Gasteiger charge is -2.31. The lowest BCUT2D eigenvalue weighted by Crippen LogP contribution is -2.37. The van der Waals surface area contributed by atoms with E-state index < -0.39 is 0 Å². The highest BCUT2D eigenvalue weighted by atomic mass is 32.1. The maximum Gasteiger partial charge on any atom is 0.275 e. The molecule has 7 heteroatoms. The molecule has 1 N–H and O–H groups in total. The highest BCUT2D eigenvalue weighted by Crippen LogP contribution is 2.32. The van der Waals surface area contributed by atoms with Gasteiger partial charge in [0.15, 0.2) is 0 Å². The Kier molecular flexibility index (Phi) is 7.85. The van der Waals surface area contributed by atoms with E-state index in [1.807, 2.05) is 64.9 Å². The number of benzene rings is 2. The normalized spacial score (nSPS) is 14.1. The first-order chi connectivity index (χ1) is 16.5. The van der Waals surface area contributed by atoms with E-state index in [1.165, 1.54) is 11.3 Å². The number of nitrogens with one attached hydrogen (secondary N) is 1. The van der Waals surface area contributed by atoms with E-state index in [-0.39, 0.29) is 23.5 Å². The summed E-state index contributed by atoms with van der Waals surface area (Å²) in [5, 5.41) is 5.78. The number of amides is 2. The fourth-order valence-electron chi connectivity index (χ4n) is 4.25. The number of ketones is 1. The number of aromatic nitrogens is 1. The van der Waals surface area contributed by atoms with Crippen molar-refractivity contribution in [3.8, 4) is 11.1 Å². The third kappa shape index (κ3) is 5.97. The third-order valence-corrected chi connectivity index (χ3v) is 7.14. The Morgan fingerprint density at radius 3 is 2.44 bits per heavy atom. The number of carbonyl (C=O) groups is 3. The van der Waals surface area contributed by atoms with Crippen LogP contribution in [-0.2, 0) is 9.59 Å². The van der Waals surface area contributed by atoms with Gasteiger partial charge in [-0.15, -0.1) is 11.3 Å². The van der Waals surface area contributed by atoms with Gasteiger partial charge in [-0.3, -0.25) is 9.59 Å². The molecular weight excluding hydrogens is 446 g/mol. The fourth-order valence-corrected chi connectivity index (χ4v) is 5.22. The highest BCUT2D eigenvalue weighted by molar-refractivity contribution is 7.10. The summed E-state index contributed by atoms with van der Waals surface area (Å²) in [5.74, 6) is 0.281. The molecule has 0 aliphatic carbocycles. The number of rotatable bonds is 8. The Hall–Kier alpha value is -3.32. The molecule has 6 nitrogen and oxygen atoms in total. The van der Waals surface area contributed by atoms with Crippen molar-refractivity contribution in [2.45, 2.75) is 44.9 Å². The molecular formula is C27H29N3O3S. The summed E-state index contributed by atoms with van der Waals surface area (Å²) in [4.78, 5) is 42.9. The van der Waals surface area contributed by atoms with Crippen molar-refractivity contribution in [3.05, 3.63) is 70.7 Å². The largest absolute Gasteiger partial charge is 0.343 e. The minimum absolute atomic E-state index is 0.121. The summed E-state index contributed by atoms with van der Waals surface area (Å²) in [7, 11) is 0. The van der Waals surface area contributed by atoms with Crippen LogP contribution in [0.15, 0.2) is 60.0 Å². The van der Waals surface area contributed by atoms with Crippen molar-refractivity contribution in [2.24, 2.45) is 0 Å². The maximum absolute atomic E-state index is 12.9. The Morgan fingerprint density at radius 2 is 1.71 bits per heavy atom. The summed E-state index contributed by atoms with van der Waals surface area (Å²) < 4.78 is 0. The van der Waals surface area contributed by atoms with Crippen LogP contribution in [-0.4, -0.2) is 40.6 Å². The number of thiazole rings is 1. The predicted octanol–water partition coefficient (Wildman–Crippen LogP) is 5.53. The molecule has 176 valence electrons. The predicted molar refractivity (Wildman–Crippen MR) is 135 cm³/mol. The van der Waals surface area contributed by atoms with Crippen LogP contribution in [0.3, 0.4) is 0 Å². The molecule has 1 aliphatic heterocycles. The van der Waals surface area contributed by atoms with E-state index in [1.54, 1.807) is 6.92 Å². The molecule has 0 spiro atoms. The first kappa shape index (κ1) is 23.8. The molecule has 4 rings (SSSR count). The fraction of sp³-hybridized carbons (Fsp3) is 0.333. The van der Waals surface area contributed by atoms with E-state index in [2.05, 4.69) is 10.3 Å². The van der Waals surface area contributed by atoms with E-state index in [0.717, 1.165) is 34.7 Å². The molecule has 2 aromatic carbocycles. The van der Waals surface area contributed by atoms with Gasteiger partial charge in [-0.05, 0) is 37.8 Å². The van der Waals surface area contributed by atoms with E-state index in [0.29, 0.717) is 38.0 Å². The summed E-state index contributed by atoms with van der Waals surface area (Å²) in [6.45, 7) is 2.94. The molecule has 0 radical (unpaired) electrons. The molecule has 2 heterocycles. The summed E-state index contributed by atoms with van der Waals surface area (Å²) in [6, 6.07) is 17.7. The lowest BCUT2D eigenvalue weighted by atomic mass is 9.97. The standard InChI is InChI=1S/C27H29N3O3S/c1-19(31)8-7-13-25(32)30-16-14-21(15-17-30)27-29-24(18-34-27)26(33)28-23-12-6-5-11-22(23)20-9-3-2-4-10-20/h2-6,9-12,18,21H,7-8,13-17H2,1H3,(H,28,33). The van der Waals surface area contributed by atoms with Crippen LogP contribution < -0.4 is 5.32 Å². The van der Waals surface area contributed by atoms with Crippen LogP contribution in [0.5, 0.6) is 0 Å². The van der Waals surface area contributed by atoms with Gasteiger partial charge in [0.05, 0.1) is 5.01 Å². The van der Waals surface area contributed by atoms with Gasteiger partial charge >= 0.3 is 0 Å². The van der Waals surface area contributed by atoms with Gasteiger partial charge < -0.3 is 15.0 Å². The Labute approximate surface area is 204 Å². The number of piperidine rings is 1. The van der Waals surface area contributed by atoms with Crippen molar-refractivity contribution < 1.29 is 14.4 Å². The van der Waals surface area contributed by atoms with Gasteiger partial charge in [0.1, 0.15) is 11.5 Å². The molecule has 34 heavy (non-hydrogen) atoms. The summed E-state index contributed by atoms with van der Waals surface area (Å²) in [5.41, 5.74) is 3.18. The molecule has 0 unspecified atom stereocenters. The van der Waals surface area contributed by atoms with E-state index in [9.17, 15) is 14.4 Å². The van der Waals surface area contributed by atoms with Crippen LogP contribution >= 0.6 is 11.3 Å². The van der Waals surface area contributed by atoms with Crippen LogP contribution in [0.4, 0.5) is 5.69 Å². The summed E-state index contributed by atoms with van der Waals surface area (Å²) >= 11 is 1.51. The SMILES string of the molecule is CC(=O)CCCC(=O)N1CCC(c2nc(C(=O)Nc3ccccc3-c3ccccc3)cs2)CC1. The van der Waals surface area contributed by atoms with Crippen molar-refractivity contribution >= 4 is 34.6 Å². The molecule has 3 aromatic rings. The second kappa shape index (κ2) is 11.2. The zero-order chi connectivity index (χ0) is 23.9. The first-order valence-electron chi connectivity index (χ1n) is 11.7. The van der Waals surface area contributed by atoms with E-state index in [4.69, 9.17) is 0 Å². The van der Waals surface area contributed by atoms with Gasteiger partial charge in [0, 0.05) is 48.5 Å². The lowest BCUT2D eigenvalue weighted by molar-refractivity contribution is -0.132. The van der Waals surface area contributed by atoms with Crippen LogP contribution in [0.25, 0.3) is 11.1 Å². The van der Waals surface area contributed by atoms with Gasteiger partial charge in [0.2, 0.25) is 5.91 Å². The van der Waals surface area contributed by atoms with Crippen molar-refractivity contribution in [3.63, 3.8) is 0 Å². The monoisotopic (exact) mass is 475 g/mol.